The number of carbonyl (C=O) groups excluding carboxylic acids is 1. The largest absolute Gasteiger partial charge is 0.509 e. The predicted molar refractivity (Wildman–Crippen MR) is 74.0 cm³/mol. The molecule has 4 atom stereocenters. The summed E-state index contributed by atoms with van der Waals surface area (Å²) in [6, 6.07) is 0. The van der Waals surface area contributed by atoms with Crippen LogP contribution in [-0.2, 0) is 23.7 Å². The number of fused-ring (bicyclic) bond motifs is 1. The standard InChI is InChI=1S/C11H14Cl3NO6/c1-10(2)6(17-3)4-5(19-9(16)18-4)7(21-10)20-8(15)11(12,13)14/h4-7,15H,1-3H3/t4-,5?,6-,7-/m1/s1. The van der Waals surface area contributed by atoms with Crippen LogP contribution >= 0.6 is 34.8 Å². The van der Waals surface area contributed by atoms with Gasteiger partial charge in [0.05, 0.1) is 5.60 Å². The van der Waals surface area contributed by atoms with Gasteiger partial charge in [0.1, 0.15) is 6.10 Å². The lowest BCUT2D eigenvalue weighted by atomic mass is 9.89. The van der Waals surface area contributed by atoms with Crippen LogP contribution in [0.3, 0.4) is 0 Å². The number of hydrogen-bond donors (Lipinski definition) is 1. The highest BCUT2D eigenvalue weighted by Crippen LogP contribution is 2.39. The van der Waals surface area contributed by atoms with Gasteiger partial charge < -0.3 is 23.7 Å². The summed E-state index contributed by atoms with van der Waals surface area (Å²) in [5.74, 6) is -0.647. The third-order valence-corrected chi connectivity index (χ3v) is 3.72. The summed E-state index contributed by atoms with van der Waals surface area (Å²) in [7, 11) is 1.46. The lowest BCUT2D eigenvalue weighted by molar-refractivity contribution is -0.287. The molecule has 21 heavy (non-hydrogen) atoms. The number of rotatable bonds is 2. The molecule has 0 aliphatic carbocycles. The number of carbonyl (C=O) groups is 1. The fraction of sp³-hybridized carbons (Fsp3) is 0.818. The van der Waals surface area contributed by atoms with Crippen LogP contribution in [0.2, 0.25) is 0 Å². The summed E-state index contributed by atoms with van der Waals surface area (Å²) >= 11 is 16.7. The average Bonchev–Trinajstić information content (AvgIpc) is 2.68. The van der Waals surface area contributed by atoms with Crippen molar-refractivity contribution in [2.75, 3.05) is 7.11 Å². The minimum Gasteiger partial charge on any atom is -0.444 e. The summed E-state index contributed by atoms with van der Waals surface area (Å²) in [5.41, 5.74) is -0.873. The molecule has 2 heterocycles. The summed E-state index contributed by atoms with van der Waals surface area (Å²) in [4.78, 5) is 11.4. The van der Waals surface area contributed by atoms with E-state index in [1.54, 1.807) is 13.8 Å². The normalized spacial score (nSPS) is 34.7. The second-order valence-electron chi connectivity index (χ2n) is 5.11. The van der Waals surface area contributed by atoms with Crippen LogP contribution in [0.1, 0.15) is 13.8 Å². The van der Waals surface area contributed by atoms with Gasteiger partial charge in [0.25, 0.3) is 3.79 Å². The van der Waals surface area contributed by atoms with Crippen molar-refractivity contribution in [1.82, 2.24) is 0 Å². The Bertz CT molecular complexity index is 452. The molecule has 2 fully saturated rings. The molecule has 0 spiro atoms. The van der Waals surface area contributed by atoms with E-state index in [-0.39, 0.29) is 0 Å². The zero-order chi connectivity index (χ0) is 16.0. The molecule has 2 saturated heterocycles. The van der Waals surface area contributed by atoms with Crippen molar-refractivity contribution in [3.63, 3.8) is 0 Å². The topological polar surface area (TPSA) is 87.1 Å². The van der Waals surface area contributed by atoms with Gasteiger partial charge in [-0.2, -0.15) is 0 Å². The van der Waals surface area contributed by atoms with E-state index in [1.165, 1.54) is 7.11 Å². The van der Waals surface area contributed by atoms with Gasteiger partial charge in [0.15, 0.2) is 6.10 Å². The average molecular weight is 363 g/mol. The molecule has 1 N–H and O–H groups in total. The van der Waals surface area contributed by atoms with Crippen molar-refractivity contribution in [1.29, 1.82) is 5.41 Å². The van der Waals surface area contributed by atoms with Crippen molar-refractivity contribution >= 4 is 46.9 Å². The zero-order valence-electron chi connectivity index (χ0n) is 11.4. The number of nitrogens with one attached hydrogen (secondary N) is 1. The maximum absolute atomic E-state index is 11.4. The van der Waals surface area contributed by atoms with E-state index in [0.29, 0.717) is 0 Å². The minimum absolute atomic E-state index is 0.573. The highest BCUT2D eigenvalue weighted by molar-refractivity contribution is 6.76. The molecule has 2 aliphatic rings. The van der Waals surface area contributed by atoms with Crippen molar-refractivity contribution < 1.29 is 28.5 Å². The third kappa shape index (κ3) is 3.32. The van der Waals surface area contributed by atoms with Gasteiger partial charge in [-0.15, -0.1) is 0 Å². The molecule has 7 nitrogen and oxygen atoms in total. The number of ether oxygens (including phenoxy) is 5. The Morgan fingerprint density at radius 3 is 2.38 bits per heavy atom. The number of hydrogen-bond acceptors (Lipinski definition) is 7. The lowest BCUT2D eigenvalue weighted by Gasteiger charge is -2.45. The maximum atomic E-state index is 11.4. The molecule has 0 amide bonds. The predicted octanol–water partition coefficient (Wildman–Crippen LogP) is 2.40. The van der Waals surface area contributed by atoms with Crippen LogP contribution in [-0.4, -0.2) is 53.2 Å². The number of methoxy groups -OCH3 is 1. The first-order chi connectivity index (χ1) is 9.56. The first-order valence-electron chi connectivity index (χ1n) is 5.96. The molecule has 0 aromatic heterocycles. The first-order valence-corrected chi connectivity index (χ1v) is 7.10. The van der Waals surface area contributed by atoms with Gasteiger partial charge in [-0.25, -0.2) is 4.79 Å². The van der Waals surface area contributed by atoms with Crippen LogP contribution in [0.5, 0.6) is 0 Å². The van der Waals surface area contributed by atoms with Gasteiger partial charge >= 0.3 is 6.16 Å². The molecule has 0 aromatic carbocycles. The highest BCUT2D eigenvalue weighted by atomic mass is 35.6. The Labute approximate surface area is 136 Å². The minimum atomic E-state index is -2.05. The Morgan fingerprint density at radius 2 is 1.86 bits per heavy atom. The maximum Gasteiger partial charge on any atom is 0.509 e. The lowest BCUT2D eigenvalue weighted by Crippen LogP contribution is -2.62. The van der Waals surface area contributed by atoms with E-state index in [2.05, 4.69) is 0 Å². The molecule has 1 unspecified atom stereocenters. The molecule has 0 bridgehead atoms. The molecule has 120 valence electrons. The monoisotopic (exact) mass is 361 g/mol. The van der Waals surface area contributed by atoms with Gasteiger partial charge in [-0.1, -0.05) is 34.8 Å². The summed E-state index contributed by atoms with van der Waals surface area (Å²) in [5, 5.41) is 7.59. The van der Waals surface area contributed by atoms with Crippen LogP contribution in [0.25, 0.3) is 0 Å². The molecular formula is C11H14Cl3NO6. The van der Waals surface area contributed by atoms with E-state index < -0.39 is 46.0 Å². The van der Waals surface area contributed by atoms with Gasteiger partial charge in [0, 0.05) is 7.11 Å². The fourth-order valence-electron chi connectivity index (χ4n) is 2.35. The molecule has 2 rings (SSSR count). The van der Waals surface area contributed by atoms with Gasteiger partial charge in [-0.3, -0.25) is 5.41 Å². The van der Waals surface area contributed by atoms with E-state index in [0.717, 1.165) is 0 Å². The SMILES string of the molecule is CO[C@@H]1[C@@H]2OC(=O)OC2[C@H](OC(=N)C(Cl)(Cl)Cl)OC1(C)C. The summed E-state index contributed by atoms with van der Waals surface area (Å²) in [6.45, 7) is 3.44. The summed E-state index contributed by atoms with van der Waals surface area (Å²) < 4.78 is 24.2. The van der Waals surface area contributed by atoms with Crippen molar-refractivity contribution in [2.45, 2.75) is 47.8 Å². The van der Waals surface area contributed by atoms with Crippen LogP contribution < -0.4 is 0 Å². The van der Waals surface area contributed by atoms with Gasteiger partial charge in [-0.05, 0) is 13.8 Å². The molecular weight excluding hydrogens is 348 g/mol. The second-order valence-corrected chi connectivity index (χ2v) is 7.39. The van der Waals surface area contributed by atoms with Crippen molar-refractivity contribution in [3.05, 3.63) is 0 Å². The fourth-order valence-corrected chi connectivity index (χ4v) is 2.48. The highest BCUT2D eigenvalue weighted by Gasteiger charge is 2.59. The van der Waals surface area contributed by atoms with Crippen molar-refractivity contribution in [3.8, 4) is 0 Å². The van der Waals surface area contributed by atoms with Crippen LogP contribution in [0.15, 0.2) is 0 Å². The Morgan fingerprint density at radius 1 is 1.29 bits per heavy atom. The third-order valence-electron chi connectivity index (χ3n) is 3.21. The number of halogens is 3. The number of alkyl halides is 3. The van der Waals surface area contributed by atoms with Gasteiger partial charge in [0.2, 0.25) is 18.3 Å². The molecule has 0 aromatic rings. The Balaban J connectivity index is 2.22. The molecule has 0 radical (unpaired) electrons. The smallest absolute Gasteiger partial charge is 0.444 e. The Hall–Kier alpha value is -0.470. The van der Waals surface area contributed by atoms with E-state index in [1.807, 2.05) is 0 Å². The molecule has 0 saturated carbocycles. The van der Waals surface area contributed by atoms with E-state index in [9.17, 15) is 4.79 Å². The van der Waals surface area contributed by atoms with Crippen molar-refractivity contribution in [2.24, 2.45) is 0 Å². The van der Waals surface area contributed by atoms with Crippen LogP contribution in [0.4, 0.5) is 4.79 Å². The van der Waals surface area contributed by atoms with E-state index >= 15 is 0 Å². The zero-order valence-corrected chi connectivity index (χ0v) is 13.7. The van der Waals surface area contributed by atoms with E-state index in [4.69, 9.17) is 63.9 Å². The summed E-state index contributed by atoms with van der Waals surface area (Å²) in [6.07, 6.45) is -4.27. The Kier molecular flexibility index (Phi) is 4.52. The quantitative estimate of drug-likeness (QED) is 0.351. The molecule has 10 heteroatoms. The first kappa shape index (κ1) is 16.9. The van der Waals surface area contributed by atoms with Crippen LogP contribution in [0, 0.1) is 5.41 Å². The molecule has 2 aliphatic heterocycles. The second kappa shape index (κ2) is 5.62.